The molecule has 1 aromatic heterocycles. The molecule has 2 heterocycles. The van der Waals surface area contributed by atoms with Crippen LogP contribution in [0.4, 0.5) is 5.69 Å². The van der Waals surface area contributed by atoms with Gasteiger partial charge in [-0.2, -0.15) is 0 Å². The van der Waals surface area contributed by atoms with Crippen LogP contribution in [-0.2, 0) is 0 Å². The van der Waals surface area contributed by atoms with E-state index in [2.05, 4.69) is 42.3 Å². The van der Waals surface area contributed by atoms with Crippen LogP contribution in [0.5, 0.6) is 11.5 Å². The number of methoxy groups -OCH3 is 2. The van der Waals surface area contributed by atoms with Crippen molar-refractivity contribution in [3.63, 3.8) is 0 Å². The Morgan fingerprint density at radius 3 is 2.46 bits per heavy atom. The van der Waals surface area contributed by atoms with E-state index in [9.17, 15) is 0 Å². The predicted molar refractivity (Wildman–Crippen MR) is 107 cm³/mol. The minimum absolute atomic E-state index is 0.840. The number of benzene rings is 2. The Hall–Kier alpha value is -3.27. The second kappa shape index (κ2) is 6.56. The molecule has 3 aromatic rings. The molecule has 0 saturated heterocycles. The van der Waals surface area contributed by atoms with Gasteiger partial charge in [0.25, 0.3) is 0 Å². The van der Waals surface area contributed by atoms with Crippen molar-refractivity contribution in [1.29, 1.82) is 0 Å². The third kappa shape index (κ3) is 2.90. The maximum atomic E-state index is 5.31. The summed E-state index contributed by atoms with van der Waals surface area (Å²) in [5.41, 5.74) is 5.24. The first-order valence-corrected chi connectivity index (χ1v) is 8.44. The lowest BCUT2D eigenvalue weighted by atomic mass is 10.1. The molecular weight excluding hydrogens is 324 g/mol. The minimum Gasteiger partial charge on any atom is -0.497 e. The molecule has 4 nitrogen and oxygen atoms in total. The Bertz CT molecular complexity index is 1040. The molecule has 1 aliphatic heterocycles. The van der Waals surface area contributed by atoms with Gasteiger partial charge in [-0.25, -0.2) is 4.98 Å². The van der Waals surface area contributed by atoms with E-state index in [-0.39, 0.29) is 0 Å². The van der Waals surface area contributed by atoms with Crippen LogP contribution < -0.4 is 14.4 Å². The van der Waals surface area contributed by atoms with Crippen molar-refractivity contribution >= 4 is 28.7 Å². The Kier molecular flexibility index (Phi) is 4.09. The van der Waals surface area contributed by atoms with Crippen molar-refractivity contribution in [1.82, 2.24) is 4.98 Å². The van der Waals surface area contributed by atoms with Gasteiger partial charge in [0.15, 0.2) is 0 Å². The summed E-state index contributed by atoms with van der Waals surface area (Å²) in [7, 11) is 5.42. The van der Waals surface area contributed by atoms with Crippen LogP contribution in [0.3, 0.4) is 0 Å². The van der Waals surface area contributed by atoms with Gasteiger partial charge in [0.1, 0.15) is 11.5 Å². The van der Waals surface area contributed by atoms with E-state index in [1.165, 1.54) is 0 Å². The van der Waals surface area contributed by atoms with Crippen molar-refractivity contribution in [2.45, 2.75) is 0 Å². The minimum atomic E-state index is 0.840. The lowest BCUT2D eigenvalue weighted by Gasteiger charge is -2.26. The summed E-state index contributed by atoms with van der Waals surface area (Å²) >= 11 is 0. The summed E-state index contributed by atoms with van der Waals surface area (Å²) in [5, 5.41) is 1.07. The number of hydrogen-bond donors (Lipinski definition) is 0. The zero-order valence-electron chi connectivity index (χ0n) is 15.1. The average molecular weight is 344 g/mol. The monoisotopic (exact) mass is 344 g/mol. The number of anilines is 1. The summed E-state index contributed by atoms with van der Waals surface area (Å²) in [6.45, 7) is 0. The molecular formula is C22H20N2O2. The van der Waals surface area contributed by atoms with Crippen molar-refractivity contribution in [2.24, 2.45) is 0 Å². The number of pyridine rings is 1. The maximum absolute atomic E-state index is 5.31. The zero-order valence-corrected chi connectivity index (χ0v) is 15.1. The molecule has 0 saturated carbocycles. The van der Waals surface area contributed by atoms with Crippen LogP contribution in [0.25, 0.3) is 23.1 Å². The Morgan fingerprint density at radius 1 is 0.885 bits per heavy atom. The third-order valence-corrected chi connectivity index (χ3v) is 4.63. The highest BCUT2D eigenvalue weighted by Crippen LogP contribution is 2.33. The van der Waals surface area contributed by atoms with Crippen LogP contribution in [0.15, 0.2) is 60.3 Å². The molecule has 4 rings (SSSR count). The summed E-state index contributed by atoms with van der Waals surface area (Å²) in [6.07, 6.45) is 6.30. The SMILES string of the molecule is COc1ccc2c(c1)C=C/C(=C\c1ccc3cc(OC)ccc3n1)N2C. The van der Waals surface area contributed by atoms with Crippen molar-refractivity contribution in [2.75, 3.05) is 26.2 Å². The molecule has 0 amide bonds. The first-order valence-electron chi connectivity index (χ1n) is 8.44. The van der Waals surface area contributed by atoms with Crippen LogP contribution in [-0.4, -0.2) is 26.3 Å². The van der Waals surface area contributed by atoms with Gasteiger partial charge in [0.2, 0.25) is 0 Å². The normalized spacial score (nSPS) is 14.6. The van der Waals surface area contributed by atoms with E-state index >= 15 is 0 Å². The smallest absolute Gasteiger partial charge is 0.119 e. The highest BCUT2D eigenvalue weighted by atomic mass is 16.5. The number of allylic oxidation sites excluding steroid dienone is 1. The number of ether oxygens (including phenoxy) is 2. The van der Waals surface area contributed by atoms with Crippen LogP contribution in [0, 0.1) is 0 Å². The molecule has 130 valence electrons. The number of rotatable bonds is 3. The van der Waals surface area contributed by atoms with Gasteiger partial charge >= 0.3 is 0 Å². The predicted octanol–water partition coefficient (Wildman–Crippen LogP) is 4.76. The molecule has 0 aliphatic carbocycles. The van der Waals surface area contributed by atoms with Gasteiger partial charge in [-0.3, -0.25) is 0 Å². The average Bonchev–Trinajstić information content (AvgIpc) is 2.69. The van der Waals surface area contributed by atoms with Crippen LogP contribution in [0.2, 0.25) is 0 Å². The summed E-state index contributed by atoms with van der Waals surface area (Å²) in [4.78, 5) is 6.91. The van der Waals surface area contributed by atoms with Gasteiger partial charge in [-0.15, -0.1) is 0 Å². The van der Waals surface area contributed by atoms with Crippen LogP contribution in [0.1, 0.15) is 11.3 Å². The summed E-state index contributed by atoms with van der Waals surface area (Å²) in [6, 6.07) is 16.1. The molecule has 2 aromatic carbocycles. The molecule has 0 bridgehead atoms. The fraction of sp³-hybridized carbons (Fsp3) is 0.136. The highest BCUT2D eigenvalue weighted by Gasteiger charge is 2.14. The standard InChI is InChI=1S/C22H20N2O2/c1-24-18(7-5-16-13-20(26-3)9-11-22(16)24)14-17-6-4-15-12-19(25-2)8-10-21(15)23-17/h4-14H,1-3H3/b18-14+. The second-order valence-corrected chi connectivity index (χ2v) is 6.18. The van der Waals surface area contributed by atoms with Gasteiger partial charge in [-0.05, 0) is 54.6 Å². The first kappa shape index (κ1) is 16.2. The number of fused-ring (bicyclic) bond motifs is 2. The van der Waals surface area contributed by atoms with Crippen molar-refractivity contribution < 1.29 is 9.47 Å². The number of likely N-dealkylation sites (N-methyl/N-ethyl adjacent to an activating group) is 1. The Labute approximate surface area is 153 Å². The second-order valence-electron chi connectivity index (χ2n) is 6.18. The molecule has 0 radical (unpaired) electrons. The molecule has 0 fully saturated rings. The largest absolute Gasteiger partial charge is 0.497 e. The number of nitrogens with zero attached hydrogens (tertiary/aromatic N) is 2. The zero-order chi connectivity index (χ0) is 18.1. The molecule has 1 aliphatic rings. The fourth-order valence-electron chi connectivity index (χ4n) is 3.15. The van der Waals surface area contributed by atoms with Gasteiger partial charge in [0, 0.05) is 29.4 Å². The quantitative estimate of drug-likeness (QED) is 0.686. The summed E-state index contributed by atoms with van der Waals surface area (Å²) < 4.78 is 10.6. The highest BCUT2D eigenvalue weighted by molar-refractivity contribution is 5.83. The topological polar surface area (TPSA) is 34.6 Å². The van der Waals surface area contributed by atoms with Crippen LogP contribution >= 0.6 is 0 Å². The Morgan fingerprint density at radius 2 is 1.65 bits per heavy atom. The molecule has 0 atom stereocenters. The number of hydrogen-bond acceptors (Lipinski definition) is 4. The van der Waals surface area contributed by atoms with Crippen molar-refractivity contribution in [3.8, 4) is 11.5 Å². The lowest BCUT2D eigenvalue weighted by Crippen LogP contribution is -2.18. The molecule has 0 N–H and O–H groups in total. The third-order valence-electron chi connectivity index (χ3n) is 4.63. The molecule has 0 unspecified atom stereocenters. The van der Waals surface area contributed by atoms with Gasteiger partial charge in [0.05, 0.1) is 25.4 Å². The molecule has 4 heteroatoms. The van der Waals surface area contributed by atoms with E-state index in [0.29, 0.717) is 0 Å². The molecule has 0 spiro atoms. The molecule has 26 heavy (non-hydrogen) atoms. The van der Waals surface area contributed by atoms with E-state index in [1.807, 2.05) is 36.4 Å². The van der Waals surface area contributed by atoms with Gasteiger partial charge in [-0.1, -0.05) is 12.1 Å². The summed E-state index contributed by atoms with van der Waals surface area (Å²) in [5.74, 6) is 1.70. The van der Waals surface area contributed by atoms with Gasteiger partial charge < -0.3 is 14.4 Å². The van der Waals surface area contributed by atoms with E-state index in [1.54, 1.807) is 14.2 Å². The van der Waals surface area contributed by atoms with Crippen molar-refractivity contribution in [3.05, 3.63) is 71.6 Å². The maximum Gasteiger partial charge on any atom is 0.119 e. The van der Waals surface area contributed by atoms with E-state index < -0.39 is 0 Å². The first-order chi connectivity index (χ1) is 12.7. The Balaban J connectivity index is 1.69. The van der Waals surface area contributed by atoms with E-state index in [0.717, 1.165) is 45.0 Å². The fourth-order valence-corrected chi connectivity index (χ4v) is 3.15. The van der Waals surface area contributed by atoms with E-state index in [4.69, 9.17) is 14.5 Å². The lowest BCUT2D eigenvalue weighted by molar-refractivity contribution is 0.414. The number of aromatic nitrogens is 1.